The first-order valence-corrected chi connectivity index (χ1v) is 12.0. The molecular formula is C20H18FN3O2S3. The van der Waals surface area contributed by atoms with Gasteiger partial charge < -0.3 is 10.6 Å². The van der Waals surface area contributed by atoms with Crippen LogP contribution < -0.4 is 10.6 Å². The van der Waals surface area contributed by atoms with Crippen LogP contribution in [0.25, 0.3) is 10.2 Å². The van der Waals surface area contributed by atoms with Crippen LogP contribution in [-0.2, 0) is 16.0 Å². The molecule has 0 spiro atoms. The number of nitrogens with one attached hydrogen (secondary N) is 2. The van der Waals surface area contributed by atoms with E-state index in [4.69, 9.17) is 0 Å². The Labute approximate surface area is 179 Å². The zero-order valence-electron chi connectivity index (χ0n) is 15.5. The average molecular weight is 448 g/mol. The van der Waals surface area contributed by atoms with Crippen LogP contribution in [0.1, 0.15) is 5.56 Å². The van der Waals surface area contributed by atoms with Crippen molar-refractivity contribution in [2.45, 2.75) is 22.1 Å². The van der Waals surface area contributed by atoms with Gasteiger partial charge in [0, 0.05) is 11.4 Å². The summed E-state index contributed by atoms with van der Waals surface area (Å²) in [4.78, 5) is 29.5. The molecule has 150 valence electrons. The van der Waals surface area contributed by atoms with E-state index in [1.807, 2.05) is 24.5 Å². The molecule has 2 heterocycles. The number of nitrogens with zero attached hydrogens (tertiary/aromatic N) is 1. The number of carbonyl (C=O) groups is 2. The lowest BCUT2D eigenvalue weighted by Gasteiger charge is -2.28. The highest BCUT2D eigenvalue weighted by Crippen LogP contribution is 2.30. The van der Waals surface area contributed by atoms with Gasteiger partial charge in [-0.15, -0.1) is 23.1 Å². The Morgan fingerprint density at radius 3 is 2.93 bits per heavy atom. The average Bonchev–Trinajstić information content (AvgIpc) is 3.13. The van der Waals surface area contributed by atoms with Crippen molar-refractivity contribution in [2.24, 2.45) is 0 Å². The molecule has 1 fully saturated rings. The summed E-state index contributed by atoms with van der Waals surface area (Å²) < 4.78 is 15.8. The van der Waals surface area contributed by atoms with Crippen molar-refractivity contribution in [3.8, 4) is 0 Å². The highest BCUT2D eigenvalue weighted by Gasteiger charge is 2.32. The van der Waals surface area contributed by atoms with Gasteiger partial charge >= 0.3 is 0 Å². The first kappa shape index (κ1) is 20.2. The minimum Gasteiger partial charge on any atom is -0.343 e. The molecule has 1 aromatic heterocycles. The van der Waals surface area contributed by atoms with Gasteiger partial charge in [0.15, 0.2) is 4.34 Å². The van der Waals surface area contributed by atoms with Crippen LogP contribution in [0, 0.1) is 5.82 Å². The molecule has 2 aromatic carbocycles. The third kappa shape index (κ3) is 4.57. The number of rotatable bonds is 5. The lowest BCUT2D eigenvalue weighted by Crippen LogP contribution is -2.52. The van der Waals surface area contributed by atoms with Gasteiger partial charge in [0.25, 0.3) is 0 Å². The maximum absolute atomic E-state index is 13.8. The number of hydrogen-bond donors (Lipinski definition) is 2. The Morgan fingerprint density at radius 2 is 2.17 bits per heavy atom. The van der Waals surface area contributed by atoms with Gasteiger partial charge in [-0.1, -0.05) is 30.0 Å². The minimum atomic E-state index is -0.622. The molecule has 1 aliphatic heterocycles. The third-order valence-electron chi connectivity index (χ3n) is 4.56. The van der Waals surface area contributed by atoms with Crippen molar-refractivity contribution >= 4 is 62.6 Å². The maximum atomic E-state index is 13.8. The van der Waals surface area contributed by atoms with Crippen LogP contribution in [0.5, 0.6) is 0 Å². The molecule has 0 radical (unpaired) electrons. The van der Waals surface area contributed by atoms with Crippen LogP contribution in [0.3, 0.4) is 0 Å². The van der Waals surface area contributed by atoms with Crippen LogP contribution in [0.4, 0.5) is 10.1 Å². The molecule has 1 aliphatic rings. The van der Waals surface area contributed by atoms with E-state index in [0.29, 0.717) is 23.4 Å². The fraction of sp³-hybridized carbons (Fsp3) is 0.250. The van der Waals surface area contributed by atoms with E-state index in [0.717, 1.165) is 14.6 Å². The number of fused-ring (bicyclic) bond motifs is 1. The van der Waals surface area contributed by atoms with Crippen molar-refractivity contribution in [1.82, 2.24) is 10.3 Å². The fourth-order valence-corrected chi connectivity index (χ4v) is 5.75. The normalized spacial score (nSPS) is 19.2. The van der Waals surface area contributed by atoms with Crippen LogP contribution in [-0.4, -0.2) is 40.1 Å². The quantitative estimate of drug-likeness (QED) is 0.580. The Morgan fingerprint density at radius 1 is 1.34 bits per heavy atom. The minimum absolute atomic E-state index is 0.243. The molecule has 29 heavy (non-hydrogen) atoms. The van der Waals surface area contributed by atoms with E-state index in [1.165, 1.54) is 17.8 Å². The molecule has 2 amide bonds. The molecule has 9 heteroatoms. The molecular weight excluding hydrogens is 429 g/mol. The summed E-state index contributed by atoms with van der Waals surface area (Å²) in [6, 6.07) is 11.4. The monoisotopic (exact) mass is 447 g/mol. The maximum Gasteiger partial charge on any atom is 0.247 e. The van der Waals surface area contributed by atoms with E-state index < -0.39 is 11.3 Å². The molecule has 0 bridgehead atoms. The number of anilines is 1. The number of benzene rings is 2. The largest absolute Gasteiger partial charge is 0.343 e. The predicted octanol–water partition coefficient (Wildman–Crippen LogP) is 3.94. The summed E-state index contributed by atoms with van der Waals surface area (Å²) in [5, 5.41) is 5.23. The fourth-order valence-electron chi connectivity index (χ4n) is 3.05. The van der Waals surface area contributed by atoms with E-state index in [9.17, 15) is 14.0 Å². The number of carbonyl (C=O) groups excluding carboxylic acids is 2. The predicted molar refractivity (Wildman–Crippen MR) is 118 cm³/mol. The van der Waals surface area contributed by atoms with Crippen LogP contribution in [0.15, 0.2) is 46.8 Å². The van der Waals surface area contributed by atoms with Gasteiger partial charge in [0.1, 0.15) is 11.9 Å². The van der Waals surface area contributed by atoms with Crippen LogP contribution in [0.2, 0.25) is 0 Å². The molecule has 0 aliphatic carbocycles. The topological polar surface area (TPSA) is 71.1 Å². The van der Waals surface area contributed by atoms with Crippen LogP contribution >= 0.6 is 34.9 Å². The first-order valence-electron chi connectivity index (χ1n) is 8.94. The molecule has 4 rings (SSSR count). The molecule has 1 saturated heterocycles. The number of halogens is 1. The second-order valence-corrected chi connectivity index (χ2v) is 9.85. The standard InChI is InChI=1S/C20H18FN3O2S3/c1-27-20-24-14-7-6-12(9-16(14)29-20)22-18(25)15-10-28-17(19(26)23-15)8-11-4-2-3-5-13(11)21/h2-7,9,15,17H,8,10H2,1H3,(H,22,25)(H,23,26)/t15-,17-/m0/s1. The molecule has 0 saturated carbocycles. The van der Waals surface area contributed by atoms with E-state index in [1.54, 1.807) is 41.3 Å². The molecule has 2 N–H and O–H groups in total. The lowest BCUT2D eigenvalue weighted by atomic mass is 10.1. The van der Waals surface area contributed by atoms with Gasteiger partial charge in [-0.05, 0) is 42.5 Å². The van der Waals surface area contributed by atoms with Crippen molar-refractivity contribution in [2.75, 3.05) is 17.3 Å². The molecule has 5 nitrogen and oxygen atoms in total. The summed E-state index contributed by atoms with van der Waals surface area (Å²) >= 11 is 4.54. The zero-order chi connectivity index (χ0) is 20.4. The second-order valence-electron chi connectivity index (χ2n) is 6.53. The van der Waals surface area contributed by atoms with Gasteiger partial charge in [-0.3, -0.25) is 9.59 Å². The Balaban J connectivity index is 1.38. The smallest absolute Gasteiger partial charge is 0.247 e. The molecule has 3 aromatic rings. The molecule has 0 unspecified atom stereocenters. The van der Waals surface area contributed by atoms with Gasteiger partial charge in [-0.25, -0.2) is 9.37 Å². The highest BCUT2D eigenvalue weighted by atomic mass is 32.2. The number of hydrogen-bond acceptors (Lipinski definition) is 6. The van der Waals surface area contributed by atoms with E-state index in [2.05, 4.69) is 15.6 Å². The van der Waals surface area contributed by atoms with Gasteiger partial charge in [-0.2, -0.15) is 0 Å². The third-order valence-corrected chi connectivity index (χ3v) is 7.88. The summed E-state index contributed by atoms with van der Waals surface area (Å²) in [5.41, 5.74) is 2.08. The van der Waals surface area contributed by atoms with Crippen molar-refractivity contribution in [3.63, 3.8) is 0 Å². The number of aromatic nitrogens is 1. The summed E-state index contributed by atoms with van der Waals surface area (Å²) in [6.45, 7) is 0. The Bertz CT molecular complexity index is 1070. The van der Waals surface area contributed by atoms with E-state index >= 15 is 0 Å². The first-order chi connectivity index (χ1) is 14.0. The SMILES string of the molecule is CSc1nc2ccc(NC(=O)[C@@H]3CS[C@@H](Cc4ccccc4F)C(=O)N3)cc2s1. The molecule has 2 atom stereocenters. The number of thiazole rings is 1. The van der Waals surface area contributed by atoms with Gasteiger partial charge in [0.2, 0.25) is 11.8 Å². The summed E-state index contributed by atoms with van der Waals surface area (Å²) in [7, 11) is 0. The Hall–Kier alpha value is -2.10. The lowest BCUT2D eigenvalue weighted by molar-refractivity contribution is -0.126. The van der Waals surface area contributed by atoms with E-state index in [-0.39, 0.29) is 17.6 Å². The zero-order valence-corrected chi connectivity index (χ0v) is 17.9. The second kappa shape index (κ2) is 8.73. The van der Waals surface area contributed by atoms with Crippen molar-refractivity contribution in [3.05, 3.63) is 53.8 Å². The van der Waals surface area contributed by atoms with Crippen molar-refractivity contribution < 1.29 is 14.0 Å². The summed E-state index contributed by atoms with van der Waals surface area (Å²) in [6.07, 6.45) is 2.28. The van der Waals surface area contributed by atoms with Gasteiger partial charge in [0.05, 0.1) is 15.5 Å². The highest BCUT2D eigenvalue weighted by molar-refractivity contribution is 8.00. The Kier molecular flexibility index (Phi) is 6.07. The van der Waals surface area contributed by atoms with Crippen molar-refractivity contribution in [1.29, 1.82) is 0 Å². The number of thioether (sulfide) groups is 2. The number of amides is 2. The summed E-state index contributed by atoms with van der Waals surface area (Å²) in [5.74, 6) is -0.379.